The Morgan fingerprint density at radius 2 is 1.88 bits per heavy atom. The van der Waals surface area contributed by atoms with Gasteiger partial charge in [-0.1, -0.05) is 36.9 Å². The maximum absolute atomic E-state index is 13.1. The monoisotopic (exact) mass is 326 g/mol. The van der Waals surface area contributed by atoms with Crippen LogP contribution in [0.4, 0.5) is 4.39 Å². The molecule has 0 fully saturated rings. The Balaban J connectivity index is 2.32. The summed E-state index contributed by atoms with van der Waals surface area (Å²) in [6, 6.07) is 11.8. The van der Waals surface area contributed by atoms with Gasteiger partial charge < -0.3 is 9.47 Å². The van der Waals surface area contributed by atoms with Crippen molar-refractivity contribution in [2.45, 2.75) is 6.92 Å². The predicted molar refractivity (Wildman–Crippen MR) is 93.2 cm³/mol. The summed E-state index contributed by atoms with van der Waals surface area (Å²) < 4.78 is 23.6. The fourth-order valence-electron chi connectivity index (χ4n) is 2.12. The van der Waals surface area contributed by atoms with E-state index in [9.17, 15) is 9.18 Å². The first-order chi connectivity index (χ1) is 11.6. The molecule has 124 valence electrons. The number of hydrogen-bond acceptors (Lipinski definition) is 3. The van der Waals surface area contributed by atoms with Crippen molar-refractivity contribution in [1.82, 2.24) is 0 Å². The molecule has 0 amide bonds. The maximum Gasteiger partial charge on any atom is 0.330 e. The van der Waals surface area contributed by atoms with Gasteiger partial charge in [-0.05, 0) is 42.3 Å². The summed E-state index contributed by atoms with van der Waals surface area (Å²) in [4.78, 5) is 11.5. The standard InChI is InChI=1S/C20H19FO3/c1-3-13-24-19-14-17(15-7-10-18(21)11-8-15)6-5-16(19)9-12-20(22)23-4-2/h3,5-12,14H,1,4,13H2,2H3/b12-9+. The van der Waals surface area contributed by atoms with E-state index in [0.29, 0.717) is 19.0 Å². The number of halogens is 1. The number of hydrogen-bond donors (Lipinski definition) is 0. The van der Waals surface area contributed by atoms with Gasteiger partial charge in [0.05, 0.1) is 6.61 Å². The highest BCUT2D eigenvalue weighted by Gasteiger charge is 2.06. The molecule has 0 aliphatic heterocycles. The number of esters is 1. The quantitative estimate of drug-likeness (QED) is 0.423. The van der Waals surface area contributed by atoms with Gasteiger partial charge >= 0.3 is 5.97 Å². The van der Waals surface area contributed by atoms with Gasteiger partial charge in [-0.3, -0.25) is 0 Å². The van der Waals surface area contributed by atoms with Gasteiger partial charge in [0.1, 0.15) is 18.2 Å². The number of rotatable bonds is 7. The molecule has 0 unspecified atom stereocenters. The molecule has 3 nitrogen and oxygen atoms in total. The van der Waals surface area contributed by atoms with Crippen LogP contribution in [0.25, 0.3) is 17.2 Å². The van der Waals surface area contributed by atoms with Crippen molar-refractivity contribution in [3.05, 3.63) is 72.6 Å². The van der Waals surface area contributed by atoms with E-state index in [1.165, 1.54) is 18.2 Å². The second kappa shape index (κ2) is 8.67. The smallest absolute Gasteiger partial charge is 0.330 e. The van der Waals surface area contributed by atoms with Gasteiger partial charge in [0.25, 0.3) is 0 Å². The van der Waals surface area contributed by atoms with Crippen LogP contribution in [0.3, 0.4) is 0 Å². The van der Waals surface area contributed by atoms with Crippen LogP contribution < -0.4 is 4.74 Å². The van der Waals surface area contributed by atoms with E-state index < -0.39 is 5.97 Å². The molecule has 2 aromatic carbocycles. The van der Waals surface area contributed by atoms with E-state index >= 15 is 0 Å². The van der Waals surface area contributed by atoms with Crippen LogP contribution in [-0.2, 0) is 9.53 Å². The lowest BCUT2D eigenvalue weighted by Gasteiger charge is -2.10. The van der Waals surface area contributed by atoms with Crippen molar-refractivity contribution in [3.63, 3.8) is 0 Å². The summed E-state index contributed by atoms with van der Waals surface area (Å²) >= 11 is 0. The summed E-state index contributed by atoms with van der Waals surface area (Å²) in [6.07, 6.45) is 4.64. The van der Waals surface area contributed by atoms with Crippen molar-refractivity contribution >= 4 is 12.0 Å². The van der Waals surface area contributed by atoms with Crippen LogP contribution in [0.15, 0.2) is 61.2 Å². The zero-order valence-electron chi connectivity index (χ0n) is 13.5. The Hall–Kier alpha value is -2.88. The third-order valence-electron chi connectivity index (χ3n) is 3.23. The molecule has 0 bridgehead atoms. The SMILES string of the molecule is C=CCOc1cc(-c2ccc(F)cc2)ccc1/C=C/C(=O)OCC. The summed E-state index contributed by atoms with van der Waals surface area (Å²) in [5.74, 6) is -0.0806. The van der Waals surface area contributed by atoms with Crippen LogP contribution in [0.5, 0.6) is 5.75 Å². The molecule has 24 heavy (non-hydrogen) atoms. The minimum Gasteiger partial charge on any atom is -0.489 e. The molecular formula is C20H19FO3. The zero-order chi connectivity index (χ0) is 17.4. The van der Waals surface area contributed by atoms with Crippen LogP contribution in [-0.4, -0.2) is 19.2 Å². The summed E-state index contributed by atoms with van der Waals surface area (Å²) in [7, 11) is 0. The molecule has 0 aliphatic carbocycles. The minimum absolute atomic E-state index is 0.282. The van der Waals surface area contributed by atoms with Gasteiger partial charge in [0.15, 0.2) is 0 Å². The average Bonchev–Trinajstić information content (AvgIpc) is 2.59. The second-order valence-corrected chi connectivity index (χ2v) is 4.94. The average molecular weight is 326 g/mol. The molecule has 4 heteroatoms. The lowest BCUT2D eigenvalue weighted by Crippen LogP contribution is -1.99. The summed E-state index contributed by atoms with van der Waals surface area (Å²) in [5, 5.41) is 0. The third kappa shape index (κ3) is 4.81. The molecule has 0 spiro atoms. The minimum atomic E-state index is -0.408. The Labute approximate surface area is 141 Å². The zero-order valence-corrected chi connectivity index (χ0v) is 13.5. The number of carbonyl (C=O) groups excluding carboxylic acids is 1. The molecule has 0 aliphatic rings. The largest absolute Gasteiger partial charge is 0.489 e. The molecule has 0 heterocycles. The van der Waals surface area contributed by atoms with E-state index in [2.05, 4.69) is 6.58 Å². The van der Waals surface area contributed by atoms with Crippen molar-refractivity contribution in [3.8, 4) is 16.9 Å². The maximum atomic E-state index is 13.1. The second-order valence-electron chi connectivity index (χ2n) is 4.94. The van der Waals surface area contributed by atoms with Crippen molar-refractivity contribution in [1.29, 1.82) is 0 Å². The Bertz CT molecular complexity index is 733. The molecule has 0 saturated carbocycles. The highest BCUT2D eigenvalue weighted by Crippen LogP contribution is 2.28. The first-order valence-corrected chi connectivity index (χ1v) is 7.62. The predicted octanol–water partition coefficient (Wildman–Crippen LogP) is 4.63. The van der Waals surface area contributed by atoms with Gasteiger partial charge in [-0.15, -0.1) is 0 Å². The molecule has 0 radical (unpaired) electrons. The van der Waals surface area contributed by atoms with Crippen molar-refractivity contribution < 1.29 is 18.7 Å². The molecular weight excluding hydrogens is 307 g/mol. The number of benzene rings is 2. The summed E-state index contributed by atoms with van der Waals surface area (Å²) in [5.41, 5.74) is 2.51. The highest BCUT2D eigenvalue weighted by atomic mass is 19.1. The van der Waals surface area contributed by atoms with E-state index in [0.717, 1.165) is 16.7 Å². The first kappa shape index (κ1) is 17.5. The van der Waals surface area contributed by atoms with Crippen LogP contribution >= 0.6 is 0 Å². The van der Waals surface area contributed by atoms with Crippen LogP contribution in [0, 0.1) is 5.82 Å². The topological polar surface area (TPSA) is 35.5 Å². The van der Waals surface area contributed by atoms with E-state index in [-0.39, 0.29) is 5.82 Å². The van der Waals surface area contributed by atoms with Gasteiger partial charge in [-0.2, -0.15) is 0 Å². The number of ether oxygens (including phenoxy) is 2. The van der Waals surface area contributed by atoms with Gasteiger partial charge in [0, 0.05) is 11.6 Å². The lowest BCUT2D eigenvalue weighted by molar-refractivity contribution is -0.137. The van der Waals surface area contributed by atoms with Crippen LogP contribution in [0.2, 0.25) is 0 Å². The lowest BCUT2D eigenvalue weighted by atomic mass is 10.0. The highest BCUT2D eigenvalue weighted by molar-refractivity contribution is 5.87. The van der Waals surface area contributed by atoms with Crippen molar-refractivity contribution in [2.75, 3.05) is 13.2 Å². The fraction of sp³-hybridized carbons (Fsp3) is 0.150. The van der Waals surface area contributed by atoms with E-state index in [1.807, 2.05) is 18.2 Å². The Morgan fingerprint density at radius 1 is 1.17 bits per heavy atom. The molecule has 2 rings (SSSR count). The van der Waals surface area contributed by atoms with Gasteiger partial charge in [0.2, 0.25) is 0 Å². The fourth-order valence-corrected chi connectivity index (χ4v) is 2.12. The molecule has 0 N–H and O–H groups in total. The van der Waals surface area contributed by atoms with E-state index in [4.69, 9.17) is 9.47 Å². The first-order valence-electron chi connectivity index (χ1n) is 7.62. The molecule has 0 saturated heterocycles. The van der Waals surface area contributed by atoms with Crippen molar-refractivity contribution in [2.24, 2.45) is 0 Å². The molecule has 2 aromatic rings. The third-order valence-corrected chi connectivity index (χ3v) is 3.23. The molecule has 0 atom stereocenters. The van der Waals surface area contributed by atoms with E-state index in [1.54, 1.807) is 31.2 Å². The summed E-state index contributed by atoms with van der Waals surface area (Å²) in [6.45, 7) is 6.05. The number of carbonyl (C=O) groups is 1. The Kier molecular flexibility index (Phi) is 6.32. The van der Waals surface area contributed by atoms with Gasteiger partial charge in [-0.25, -0.2) is 9.18 Å². The normalized spacial score (nSPS) is 10.6. The molecule has 0 aromatic heterocycles. The Morgan fingerprint density at radius 3 is 2.54 bits per heavy atom. The van der Waals surface area contributed by atoms with Crippen LogP contribution in [0.1, 0.15) is 12.5 Å².